The molecule has 0 saturated carbocycles. The number of hydrogen-bond acceptors (Lipinski definition) is 5. The van der Waals surface area contributed by atoms with Gasteiger partial charge >= 0.3 is 0 Å². The van der Waals surface area contributed by atoms with E-state index in [1.165, 1.54) is 0 Å². The van der Waals surface area contributed by atoms with Gasteiger partial charge in [-0.1, -0.05) is 32.4 Å². The third-order valence-corrected chi connectivity index (χ3v) is 5.83. The van der Waals surface area contributed by atoms with Gasteiger partial charge in [0.05, 0.1) is 22.6 Å². The van der Waals surface area contributed by atoms with Crippen molar-refractivity contribution in [3.63, 3.8) is 0 Å². The molecule has 0 N–H and O–H groups in total. The van der Waals surface area contributed by atoms with Gasteiger partial charge in [-0.25, -0.2) is 4.98 Å². The number of ether oxygens (including phenoxy) is 2. The summed E-state index contributed by atoms with van der Waals surface area (Å²) in [5.74, 6) is 0.729. The van der Waals surface area contributed by atoms with Gasteiger partial charge in [-0.2, -0.15) is 0 Å². The van der Waals surface area contributed by atoms with E-state index < -0.39 is 0 Å². The average Bonchev–Trinajstić information content (AvgIpc) is 2.95. The zero-order valence-electron chi connectivity index (χ0n) is 13.9. The first-order valence-corrected chi connectivity index (χ1v) is 9.02. The minimum atomic E-state index is -0.138. The molecule has 0 aliphatic carbocycles. The maximum Gasteiger partial charge on any atom is 0.200 e. The largest absolute Gasteiger partial charge is 0.439 e. The van der Waals surface area contributed by atoms with E-state index in [0.29, 0.717) is 16.9 Å². The van der Waals surface area contributed by atoms with Gasteiger partial charge in [0, 0.05) is 24.4 Å². The van der Waals surface area contributed by atoms with Crippen molar-refractivity contribution in [2.24, 2.45) is 0 Å². The summed E-state index contributed by atoms with van der Waals surface area (Å²) in [7, 11) is 1.72. The first kappa shape index (κ1) is 17.1. The molecular weight excluding hydrogens is 334 g/mol. The molecule has 0 bridgehead atoms. The van der Waals surface area contributed by atoms with Crippen LogP contribution < -0.4 is 0 Å². The summed E-state index contributed by atoms with van der Waals surface area (Å²) in [5, 5.41) is 0.987. The molecule has 1 saturated heterocycles. The molecule has 1 aromatic carbocycles. The number of oxazole rings is 1. The van der Waals surface area contributed by atoms with Gasteiger partial charge in [-0.3, -0.25) is 0 Å². The smallest absolute Gasteiger partial charge is 0.200 e. The Hall–Kier alpha value is -0.750. The number of nitrogens with zero attached hydrogens (tertiary/aromatic N) is 1. The Morgan fingerprint density at radius 2 is 2.13 bits per heavy atom. The molecule has 4 nitrogen and oxygen atoms in total. The Morgan fingerprint density at radius 1 is 1.35 bits per heavy atom. The van der Waals surface area contributed by atoms with E-state index in [4.69, 9.17) is 25.5 Å². The Kier molecular flexibility index (Phi) is 4.93. The number of rotatable bonds is 3. The monoisotopic (exact) mass is 355 g/mol. The van der Waals surface area contributed by atoms with Gasteiger partial charge in [0.1, 0.15) is 5.52 Å². The van der Waals surface area contributed by atoms with Crippen LogP contribution in [0.15, 0.2) is 21.4 Å². The molecular formula is C17H22ClNO3S. The molecule has 3 rings (SSSR count). The normalized spacial score (nSPS) is 22.7. The number of fused-ring (bicyclic) bond motifs is 1. The predicted octanol–water partition coefficient (Wildman–Crippen LogP) is 4.67. The molecule has 1 aliphatic heterocycles. The molecule has 2 aromatic rings. The van der Waals surface area contributed by atoms with Gasteiger partial charge in [-0.15, -0.1) is 11.8 Å². The van der Waals surface area contributed by atoms with E-state index in [1.807, 2.05) is 12.1 Å². The lowest BCUT2D eigenvalue weighted by atomic mass is 9.97. The van der Waals surface area contributed by atoms with Crippen LogP contribution in [-0.4, -0.2) is 36.7 Å². The molecule has 23 heavy (non-hydrogen) atoms. The van der Waals surface area contributed by atoms with Crippen molar-refractivity contribution in [1.29, 1.82) is 0 Å². The molecule has 0 amide bonds. The summed E-state index contributed by atoms with van der Waals surface area (Å²) in [6.45, 7) is 7.63. The zero-order valence-corrected chi connectivity index (χ0v) is 15.5. The highest BCUT2D eigenvalue weighted by Crippen LogP contribution is 2.41. The third-order valence-electron chi connectivity index (χ3n) is 3.92. The van der Waals surface area contributed by atoms with Crippen LogP contribution in [0.1, 0.15) is 33.1 Å². The summed E-state index contributed by atoms with van der Waals surface area (Å²) < 4.78 is 17.1. The van der Waals surface area contributed by atoms with Crippen LogP contribution in [0.5, 0.6) is 0 Å². The van der Waals surface area contributed by atoms with Gasteiger partial charge in [0.2, 0.25) is 5.89 Å². The highest BCUT2D eigenvalue weighted by Gasteiger charge is 2.29. The van der Waals surface area contributed by atoms with Crippen LogP contribution in [0.3, 0.4) is 0 Å². The number of hydrogen-bond donors (Lipinski definition) is 0. The minimum Gasteiger partial charge on any atom is -0.439 e. The van der Waals surface area contributed by atoms with E-state index in [2.05, 4.69) is 25.8 Å². The maximum atomic E-state index is 6.46. The molecule has 126 valence electrons. The van der Waals surface area contributed by atoms with E-state index in [-0.39, 0.29) is 11.5 Å². The van der Waals surface area contributed by atoms with Crippen LogP contribution in [-0.2, 0) is 14.9 Å². The van der Waals surface area contributed by atoms with Crippen molar-refractivity contribution in [2.45, 2.75) is 48.9 Å². The quantitative estimate of drug-likeness (QED) is 0.800. The predicted molar refractivity (Wildman–Crippen MR) is 93.6 cm³/mol. The average molecular weight is 356 g/mol. The lowest BCUT2D eigenvalue weighted by Gasteiger charge is -2.30. The zero-order chi connectivity index (χ0) is 16.6. The summed E-state index contributed by atoms with van der Waals surface area (Å²) in [4.78, 5) is 5.57. The Labute approximate surface area is 145 Å². The molecule has 2 atom stereocenters. The second-order valence-corrected chi connectivity index (χ2v) is 8.44. The molecule has 6 heteroatoms. The van der Waals surface area contributed by atoms with Crippen molar-refractivity contribution in [2.75, 3.05) is 20.3 Å². The molecule has 1 aliphatic rings. The Bertz CT molecular complexity index is 695. The SMILES string of the molecule is CO[C@H]1COCC[C@@H]1Sc1c(Cl)ccc2nc(C(C)(C)C)oc12. The van der Waals surface area contributed by atoms with Gasteiger partial charge in [0.15, 0.2) is 5.58 Å². The first-order chi connectivity index (χ1) is 10.9. The lowest BCUT2D eigenvalue weighted by Crippen LogP contribution is -2.36. The van der Waals surface area contributed by atoms with E-state index >= 15 is 0 Å². The molecule has 2 heterocycles. The highest BCUT2D eigenvalue weighted by molar-refractivity contribution is 8.00. The number of thioether (sulfide) groups is 1. The first-order valence-electron chi connectivity index (χ1n) is 7.77. The number of aromatic nitrogens is 1. The van der Waals surface area contributed by atoms with Crippen LogP contribution in [0, 0.1) is 0 Å². The second kappa shape index (κ2) is 6.63. The summed E-state index contributed by atoms with van der Waals surface area (Å²) in [6.07, 6.45) is 0.987. The summed E-state index contributed by atoms with van der Waals surface area (Å²) in [6, 6.07) is 3.81. The fourth-order valence-corrected chi connectivity index (χ4v) is 4.15. The van der Waals surface area contributed by atoms with Gasteiger partial charge in [-0.05, 0) is 18.6 Å². The van der Waals surface area contributed by atoms with Gasteiger partial charge < -0.3 is 13.9 Å². The molecule has 0 spiro atoms. The van der Waals surface area contributed by atoms with Crippen LogP contribution >= 0.6 is 23.4 Å². The van der Waals surface area contributed by atoms with Crippen molar-refractivity contribution < 1.29 is 13.9 Å². The number of benzene rings is 1. The molecule has 1 fully saturated rings. The van der Waals surface area contributed by atoms with Crippen molar-refractivity contribution in [3.05, 3.63) is 23.0 Å². The topological polar surface area (TPSA) is 44.5 Å². The van der Waals surface area contributed by atoms with Crippen molar-refractivity contribution in [3.8, 4) is 0 Å². The number of methoxy groups -OCH3 is 1. The van der Waals surface area contributed by atoms with Crippen molar-refractivity contribution in [1.82, 2.24) is 4.98 Å². The molecule has 1 aromatic heterocycles. The Balaban J connectivity index is 1.98. The maximum absolute atomic E-state index is 6.46. The van der Waals surface area contributed by atoms with Crippen molar-refractivity contribution >= 4 is 34.5 Å². The van der Waals surface area contributed by atoms with E-state index in [0.717, 1.165) is 34.9 Å². The van der Waals surface area contributed by atoms with E-state index in [1.54, 1.807) is 18.9 Å². The minimum absolute atomic E-state index is 0.0603. The summed E-state index contributed by atoms with van der Waals surface area (Å²) in [5.41, 5.74) is 1.48. The van der Waals surface area contributed by atoms with E-state index in [9.17, 15) is 0 Å². The highest BCUT2D eigenvalue weighted by atomic mass is 35.5. The Morgan fingerprint density at radius 3 is 2.83 bits per heavy atom. The van der Waals surface area contributed by atoms with Crippen LogP contribution in [0.4, 0.5) is 0 Å². The number of halogens is 1. The molecule has 0 radical (unpaired) electrons. The standard InChI is InChI=1S/C17H22ClNO3S/c1-17(2,3)16-19-11-6-5-10(18)15(14(11)22-16)23-13-7-8-21-9-12(13)20-4/h5-6,12-13H,7-9H2,1-4H3/t12-,13-/m0/s1. The van der Waals surface area contributed by atoms with Crippen LogP contribution in [0.2, 0.25) is 5.02 Å². The second-order valence-electron chi connectivity index (χ2n) is 6.79. The van der Waals surface area contributed by atoms with Gasteiger partial charge in [0.25, 0.3) is 0 Å². The fourth-order valence-electron chi connectivity index (χ4n) is 2.57. The molecule has 0 unspecified atom stereocenters. The summed E-state index contributed by atoms with van der Waals surface area (Å²) >= 11 is 8.16. The third kappa shape index (κ3) is 3.53. The van der Waals surface area contributed by atoms with Crippen LogP contribution in [0.25, 0.3) is 11.1 Å². The lowest BCUT2D eigenvalue weighted by molar-refractivity contribution is -0.0246. The fraction of sp³-hybridized carbons (Fsp3) is 0.588.